The van der Waals surface area contributed by atoms with E-state index >= 15 is 0 Å². The van der Waals surface area contributed by atoms with Crippen LogP contribution in [0.1, 0.15) is 26.2 Å². The van der Waals surface area contributed by atoms with E-state index in [1.807, 2.05) is 6.92 Å². The maximum absolute atomic E-state index is 11.9. The topological polar surface area (TPSA) is 89.9 Å². The van der Waals surface area contributed by atoms with Crippen molar-refractivity contribution in [3.05, 3.63) is 0 Å². The third kappa shape index (κ3) is 3.37. The van der Waals surface area contributed by atoms with E-state index in [0.717, 1.165) is 11.3 Å². The van der Waals surface area contributed by atoms with Crippen LogP contribution in [0.25, 0.3) is 0 Å². The lowest BCUT2D eigenvalue weighted by Crippen LogP contribution is -2.49. The fraction of sp³-hybridized carbons (Fsp3) is 0.667. The van der Waals surface area contributed by atoms with Gasteiger partial charge in [0.15, 0.2) is 0 Å². The summed E-state index contributed by atoms with van der Waals surface area (Å²) in [5, 5.41) is 21.0. The molecule has 1 heterocycles. The summed E-state index contributed by atoms with van der Waals surface area (Å²) in [5.74, 6) is 1.33. The molecule has 1 unspecified atom stereocenters. The van der Waals surface area contributed by atoms with Crippen molar-refractivity contribution in [2.24, 2.45) is 0 Å². The lowest BCUT2D eigenvalue weighted by atomic mass is 10.2. The molecule has 2 amide bonds. The molecule has 0 radical (unpaired) electrons. The largest absolute Gasteiger partial charge is 0.480 e. The molecule has 1 fully saturated rings. The number of aliphatic hydroxyl groups excluding tert-OH is 1. The first-order chi connectivity index (χ1) is 8.49. The molecule has 0 aromatic rings. The zero-order valence-corrected chi connectivity index (χ0v) is 10.3. The van der Waals surface area contributed by atoms with E-state index in [-0.39, 0.29) is 13.0 Å². The van der Waals surface area contributed by atoms with Crippen molar-refractivity contribution in [3.63, 3.8) is 0 Å². The van der Waals surface area contributed by atoms with Gasteiger partial charge in [0.05, 0.1) is 12.1 Å². The quantitative estimate of drug-likeness (QED) is 0.617. The molecule has 3 N–H and O–H groups in total. The summed E-state index contributed by atoms with van der Waals surface area (Å²) in [6.45, 7) is 1.96. The second-order valence-corrected chi connectivity index (χ2v) is 4.35. The standard InChI is InChI=1S/C12H18N2O4/c1-3-5-8(4-2)13-12(18)14-7-9(15)6-10(14)11(16)17/h2,8-10,15H,3,5-7H2,1H3,(H,13,18)(H,16,17)/t8?,9-,10+/m1/s1. The number of urea groups is 1. The van der Waals surface area contributed by atoms with Crippen LogP contribution >= 0.6 is 0 Å². The third-order valence-corrected chi connectivity index (χ3v) is 2.90. The van der Waals surface area contributed by atoms with Crippen LogP contribution in [0.15, 0.2) is 0 Å². The first-order valence-electron chi connectivity index (χ1n) is 5.93. The molecule has 1 aliphatic rings. The van der Waals surface area contributed by atoms with Gasteiger partial charge in [0.1, 0.15) is 6.04 Å². The van der Waals surface area contributed by atoms with Crippen LogP contribution in [0.4, 0.5) is 4.79 Å². The number of hydrogen-bond donors (Lipinski definition) is 3. The lowest BCUT2D eigenvalue weighted by Gasteiger charge is -2.23. The van der Waals surface area contributed by atoms with Crippen molar-refractivity contribution in [2.45, 2.75) is 44.4 Å². The van der Waals surface area contributed by atoms with E-state index < -0.39 is 30.2 Å². The van der Waals surface area contributed by atoms with Crippen molar-refractivity contribution >= 4 is 12.0 Å². The highest BCUT2D eigenvalue weighted by Crippen LogP contribution is 2.18. The lowest BCUT2D eigenvalue weighted by molar-refractivity contribution is -0.141. The van der Waals surface area contributed by atoms with E-state index in [4.69, 9.17) is 11.5 Å². The summed E-state index contributed by atoms with van der Waals surface area (Å²) in [6.07, 6.45) is 5.99. The zero-order valence-electron chi connectivity index (χ0n) is 10.3. The number of terminal acetylenes is 1. The van der Waals surface area contributed by atoms with Crippen LogP contribution in [0.3, 0.4) is 0 Å². The van der Waals surface area contributed by atoms with Gasteiger partial charge in [0.25, 0.3) is 0 Å². The van der Waals surface area contributed by atoms with Crippen LogP contribution < -0.4 is 5.32 Å². The smallest absolute Gasteiger partial charge is 0.326 e. The number of nitrogens with zero attached hydrogens (tertiary/aromatic N) is 1. The molecule has 1 aliphatic heterocycles. The normalized spacial score (nSPS) is 24.4. The Kier molecular flexibility index (Phi) is 4.98. The fourth-order valence-corrected chi connectivity index (χ4v) is 1.99. The predicted molar refractivity (Wildman–Crippen MR) is 64.8 cm³/mol. The molecule has 0 bridgehead atoms. The number of β-amino-alcohol motifs (C(OH)–C–C–N with tert-alkyl or cyclic N) is 1. The number of nitrogens with one attached hydrogen (secondary N) is 1. The van der Waals surface area contributed by atoms with Crippen LogP contribution in [0, 0.1) is 12.3 Å². The molecule has 6 heteroatoms. The van der Waals surface area contributed by atoms with Gasteiger partial charge in [-0.2, -0.15) is 0 Å². The minimum absolute atomic E-state index is 0.0201. The first kappa shape index (κ1) is 14.3. The van der Waals surface area contributed by atoms with Gasteiger partial charge in [-0.25, -0.2) is 9.59 Å². The summed E-state index contributed by atoms with van der Waals surface area (Å²) in [7, 11) is 0. The van der Waals surface area contributed by atoms with Crippen molar-refractivity contribution in [3.8, 4) is 12.3 Å². The Bertz CT molecular complexity index is 364. The summed E-state index contributed by atoms with van der Waals surface area (Å²) in [5.41, 5.74) is 0. The molecule has 0 saturated carbocycles. The van der Waals surface area contributed by atoms with E-state index in [0.29, 0.717) is 6.42 Å². The second-order valence-electron chi connectivity index (χ2n) is 4.35. The van der Waals surface area contributed by atoms with Gasteiger partial charge < -0.3 is 20.4 Å². The summed E-state index contributed by atoms with van der Waals surface area (Å²) < 4.78 is 0. The number of aliphatic hydroxyl groups is 1. The number of aliphatic carboxylic acids is 1. The van der Waals surface area contributed by atoms with Gasteiger partial charge in [0, 0.05) is 13.0 Å². The Hall–Kier alpha value is -1.74. The Morgan fingerprint density at radius 3 is 2.78 bits per heavy atom. The Labute approximate surface area is 106 Å². The number of rotatable bonds is 4. The molecular formula is C12H18N2O4. The Balaban J connectivity index is 2.65. The SMILES string of the molecule is C#CC(CCC)NC(=O)N1C[C@H](O)C[C@H]1C(=O)O. The molecule has 100 valence electrons. The van der Waals surface area contributed by atoms with Crippen molar-refractivity contribution < 1.29 is 19.8 Å². The minimum atomic E-state index is -1.12. The minimum Gasteiger partial charge on any atom is -0.480 e. The van der Waals surface area contributed by atoms with Crippen LogP contribution in [0.2, 0.25) is 0 Å². The van der Waals surface area contributed by atoms with Crippen LogP contribution in [-0.2, 0) is 4.79 Å². The van der Waals surface area contributed by atoms with Crippen LogP contribution in [-0.4, -0.2) is 51.8 Å². The molecule has 0 spiro atoms. The molecule has 18 heavy (non-hydrogen) atoms. The number of hydrogen-bond acceptors (Lipinski definition) is 3. The van der Waals surface area contributed by atoms with Crippen LogP contribution in [0.5, 0.6) is 0 Å². The summed E-state index contributed by atoms with van der Waals surface area (Å²) >= 11 is 0. The number of carboxylic acids is 1. The average Bonchev–Trinajstić information content (AvgIpc) is 2.71. The Morgan fingerprint density at radius 1 is 1.61 bits per heavy atom. The fourth-order valence-electron chi connectivity index (χ4n) is 1.99. The van der Waals surface area contributed by atoms with Gasteiger partial charge in [-0.05, 0) is 6.42 Å². The maximum atomic E-state index is 11.9. The van der Waals surface area contributed by atoms with Gasteiger partial charge in [-0.3, -0.25) is 0 Å². The first-order valence-corrected chi connectivity index (χ1v) is 5.93. The van der Waals surface area contributed by atoms with E-state index in [1.165, 1.54) is 0 Å². The monoisotopic (exact) mass is 254 g/mol. The number of carbonyl (C=O) groups excluding carboxylic acids is 1. The third-order valence-electron chi connectivity index (χ3n) is 2.90. The van der Waals surface area contributed by atoms with Gasteiger partial charge in [-0.1, -0.05) is 19.3 Å². The van der Waals surface area contributed by atoms with Gasteiger partial charge in [-0.15, -0.1) is 6.42 Å². The van der Waals surface area contributed by atoms with Crippen molar-refractivity contribution in [2.75, 3.05) is 6.54 Å². The molecule has 3 atom stereocenters. The highest BCUT2D eigenvalue weighted by atomic mass is 16.4. The van der Waals surface area contributed by atoms with Gasteiger partial charge in [0.2, 0.25) is 0 Å². The predicted octanol–water partition coefficient (Wildman–Crippen LogP) is 0.0177. The van der Waals surface area contributed by atoms with E-state index in [1.54, 1.807) is 0 Å². The van der Waals surface area contributed by atoms with Crippen molar-refractivity contribution in [1.82, 2.24) is 10.2 Å². The summed E-state index contributed by atoms with van der Waals surface area (Å²) in [6, 6.07) is -1.93. The number of carboxylic acid groups (broad SMARTS) is 1. The van der Waals surface area contributed by atoms with E-state index in [9.17, 15) is 14.7 Å². The highest BCUT2D eigenvalue weighted by Gasteiger charge is 2.39. The molecule has 0 aromatic carbocycles. The number of amides is 2. The molecular weight excluding hydrogens is 236 g/mol. The number of carbonyl (C=O) groups is 2. The highest BCUT2D eigenvalue weighted by molar-refractivity contribution is 5.83. The molecule has 0 aromatic heterocycles. The van der Waals surface area contributed by atoms with E-state index in [2.05, 4.69) is 11.2 Å². The molecule has 1 saturated heterocycles. The maximum Gasteiger partial charge on any atom is 0.326 e. The molecule has 0 aliphatic carbocycles. The number of likely N-dealkylation sites (tertiary alicyclic amines) is 1. The van der Waals surface area contributed by atoms with Gasteiger partial charge >= 0.3 is 12.0 Å². The second kappa shape index (κ2) is 6.26. The van der Waals surface area contributed by atoms with Crippen molar-refractivity contribution in [1.29, 1.82) is 0 Å². The Morgan fingerprint density at radius 2 is 2.28 bits per heavy atom. The zero-order chi connectivity index (χ0) is 13.7. The summed E-state index contributed by atoms with van der Waals surface area (Å²) in [4.78, 5) is 24.0. The molecule has 1 rings (SSSR count). The molecule has 6 nitrogen and oxygen atoms in total. The average molecular weight is 254 g/mol.